The first kappa shape index (κ1) is 16.3. The number of ether oxygens (including phenoxy) is 1. The molecule has 2 aromatic carbocycles. The maximum Gasteiger partial charge on any atom is 0.191 e. The largest absolute Gasteiger partial charge is 0.383 e. The molecule has 0 radical (unpaired) electrons. The van der Waals surface area contributed by atoms with Crippen molar-refractivity contribution in [3.8, 4) is 0 Å². The molecule has 4 nitrogen and oxygen atoms in total. The van der Waals surface area contributed by atoms with Gasteiger partial charge in [0.15, 0.2) is 5.96 Å². The fourth-order valence-corrected chi connectivity index (χ4v) is 2.55. The highest BCUT2D eigenvalue weighted by molar-refractivity contribution is 5.85. The maximum absolute atomic E-state index is 5.13. The Labute approximate surface area is 132 Å². The molecule has 4 heteroatoms. The van der Waals surface area contributed by atoms with Gasteiger partial charge in [0.05, 0.1) is 6.61 Å². The second kappa shape index (κ2) is 8.39. The summed E-state index contributed by atoms with van der Waals surface area (Å²) in [7, 11) is 3.49. The van der Waals surface area contributed by atoms with E-state index in [1.807, 2.05) is 0 Å². The van der Waals surface area contributed by atoms with Crippen LogP contribution in [0.15, 0.2) is 47.5 Å². The number of benzene rings is 2. The van der Waals surface area contributed by atoms with E-state index in [2.05, 4.69) is 65.0 Å². The standard InChI is InChI=1S/C18H25N3O/c1-14(13-22-3)21-18(19-2)20-12-11-16-9-6-8-15-7-4-5-10-17(15)16/h4-10,14H,11-13H2,1-3H3,(H2,19,20,21). The van der Waals surface area contributed by atoms with Crippen molar-refractivity contribution in [2.45, 2.75) is 19.4 Å². The van der Waals surface area contributed by atoms with Gasteiger partial charge in [-0.3, -0.25) is 4.99 Å². The minimum Gasteiger partial charge on any atom is -0.383 e. The molecule has 2 rings (SSSR count). The summed E-state index contributed by atoms with van der Waals surface area (Å²) >= 11 is 0. The van der Waals surface area contributed by atoms with Crippen molar-refractivity contribution in [3.63, 3.8) is 0 Å². The summed E-state index contributed by atoms with van der Waals surface area (Å²) in [6.07, 6.45) is 0.959. The van der Waals surface area contributed by atoms with E-state index >= 15 is 0 Å². The van der Waals surface area contributed by atoms with E-state index in [-0.39, 0.29) is 6.04 Å². The van der Waals surface area contributed by atoms with Gasteiger partial charge in [-0.25, -0.2) is 0 Å². The zero-order valence-corrected chi connectivity index (χ0v) is 13.6. The van der Waals surface area contributed by atoms with Gasteiger partial charge in [-0.05, 0) is 29.7 Å². The molecule has 0 saturated heterocycles. The third-order valence-corrected chi connectivity index (χ3v) is 3.59. The van der Waals surface area contributed by atoms with Crippen LogP contribution < -0.4 is 10.6 Å². The Kier molecular flexibility index (Phi) is 6.22. The van der Waals surface area contributed by atoms with Gasteiger partial charge >= 0.3 is 0 Å². The Morgan fingerprint density at radius 3 is 2.73 bits per heavy atom. The van der Waals surface area contributed by atoms with Crippen molar-refractivity contribution in [1.29, 1.82) is 0 Å². The van der Waals surface area contributed by atoms with Crippen molar-refractivity contribution in [3.05, 3.63) is 48.0 Å². The second-order valence-electron chi connectivity index (χ2n) is 5.39. The molecule has 2 aromatic rings. The van der Waals surface area contributed by atoms with Crippen LogP contribution in [0.3, 0.4) is 0 Å². The third-order valence-electron chi connectivity index (χ3n) is 3.59. The lowest BCUT2D eigenvalue weighted by Crippen LogP contribution is -2.44. The van der Waals surface area contributed by atoms with Gasteiger partial charge in [0.2, 0.25) is 0 Å². The fraction of sp³-hybridized carbons (Fsp3) is 0.389. The van der Waals surface area contributed by atoms with Crippen LogP contribution in [-0.2, 0) is 11.2 Å². The van der Waals surface area contributed by atoms with Gasteiger partial charge < -0.3 is 15.4 Å². The first-order valence-electron chi connectivity index (χ1n) is 7.67. The summed E-state index contributed by atoms with van der Waals surface area (Å²) in [6, 6.07) is 15.2. The molecule has 0 saturated carbocycles. The summed E-state index contributed by atoms with van der Waals surface area (Å²) in [6.45, 7) is 3.57. The number of aliphatic imine (C=N–C) groups is 1. The predicted octanol–water partition coefficient (Wildman–Crippen LogP) is 2.58. The number of rotatable bonds is 6. The highest BCUT2D eigenvalue weighted by Gasteiger charge is 2.05. The molecule has 0 bridgehead atoms. The molecular formula is C18H25N3O. The van der Waals surface area contributed by atoms with Gasteiger partial charge in [-0.1, -0.05) is 42.5 Å². The summed E-state index contributed by atoms with van der Waals surface area (Å²) in [5.74, 6) is 0.810. The van der Waals surface area contributed by atoms with Crippen LogP contribution >= 0.6 is 0 Å². The van der Waals surface area contributed by atoms with Gasteiger partial charge in [0.25, 0.3) is 0 Å². The van der Waals surface area contributed by atoms with Crippen LogP contribution in [0, 0.1) is 0 Å². The normalized spacial score (nSPS) is 13.1. The Hall–Kier alpha value is -2.07. The number of methoxy groups -OCH3 is 1. The summed E-state index contributed by atoms with van der Waals surface area (Å²) in [5.41, 5.74) is 1.35. The highest BCUT2D eigenvalue weighted by Crippen LogP contribution is 2.18. The molecule has 0 aliphatic heterocycles. The molecule has 0 aromatic heterocycles. The molecule has 1 unspecified atom stereocenters. The first-order valence-corrected chi connectivity index (χ1v) is 7.67. The van der Waals surface area contributed by atoms with E-state index in [1.165, 1.54) is 16.3 Å². The average Bonchev–Trinajstić information content (AvgIpc) is 2.54. The Bertz CT molecular complexity index is 619. The number of guanidine groups is 1. The van der Waals surface area contributed by atoms with Crippen molar-refractivity contribution >= 4 is 16.7 Å². The fourth-order valence-electron chi connectivity index (χ4n) is 2.55. The van der Waals surface area contributed by atoms with Crippen molar-refractivity contribution < 1.29 is 4.74 Å². The van der Waals surface area contributed by atoms with E-state index in [1.54, 1.807) is 14.2 Å². The molecule has 0 aliphatic rings. The molecule has 0 heterocycles. The van der Waals surface area contributed by atoms with Crippen molar-refractivity contribution in [2.75, 3.05) is 27.3 Å². The minimum atomic E-state index is 0.230. The molecule has 118 valence electrons. The third kappa shape index (κ3) is 4.46. The summed E-state index contributed by atoms with van der Waals surface area (Å²) in [4.78, 5) is 4.24. The molecule has 0 aliphatic carbocycles. The summed E-state index contributed by atoms with van der Waals surface area (Å²) in [5, 5.41) is 9.27. The zero-order chi connectivity index (χ0) is 15.8. The Balaban J connectivity index is 1.92. The topological polar surface area (TPSA) is 45.7 Å². The number of fused-ring (bicyclic) bond motifs is 1. The lowest BCUT2D eigenvalue weighted by atomic mass is 10.0. The van der Waals surface area contributed by atoms with Crippen molar-refractivity contribution in [2.24, 2.45) is 4.99 Å². The zero-order valence-electron chi connectivity index (χ0n) is 13.6. The van der Waals surface area contributed by atoms with Crippen LogP contribution in [0.2, 0.25) is 0 Å². The average molecular weight is 299 g/mol. The molecule has 0 amide bonds. The van der Waals surface area contributed by atoms with Crippen molar-refractivity contribution in [1.82, 2.24) is 10.6 Å². The van der Waals surface area contributed by atoms with Gasteiger partial charge in [-0.2, -0.15) is 0 Å². The lowest BCUT2D eigenvalue weighted by Gasteiger charge is -2.17. The molecule has 0 fully saturated rings. The van der Waals surface area contributed by atoms with Crippen LogP contribution in [0.1, 0.15) is 12.5 Å². The molecule has 2 N–H and O–H groups in total. The van der Waals surface area contributed by atoms with Gasteiger partial charge in [-0.15, -0.1) is 0 Å². The summed E-state index contributed by atoms with van der Waals surface area (Å²) < 4.78 is 5.13. The quantitative estimate of drug-likeness (QED) is 0.636. The number of nitrogens with zero attached hydrogens (tertiary/aromatic N) is 1. The predicted molar refractivity (Wildman–Crippen MR) is 93.5 cm³/mol. The molecule has 1 atom stereocenters. The first-order chi connectivity index (χ1) is 10.7. The maximum atomic E-state index is 5.13. The van der Waals surface area contributed by atoms with Crippen LogP contribution in [0.5, 0.6) is 0 Å². The molecular weight excluding hydrogens is 274 g/mol. The highest BCUT2D eigenvalue weighted by atomic mass is 16.5. The van der Waals surface area contributed by atoms with E-state index in [4.69, 9.17) is 4.74 Å². The Morgan fingerprint density at radius 2 is 1.95 bits per heavy atom. The van der Waals surface area contributed by atoms with Gasteiger partial charge in [0.1, 0.15) is 0 Å². The molecule has 22 heavy (non-hydrogen) atoms. The van der Waals surface area contributed by atoms with E-state index in [0.29, 0.717) is 6.61 Å². The monoisotopic (exact) mass is 299 g/mol. The SMILES string of the molecule is CN=C(NCCc1cccc2ccccc12)NC(C)COC. The van der Waals surface area contributed by atoms with Gasteiger partial charge in [0, 0.05) is 26.7 Å². The Morgan fingerprint density at radius 1 is 1.18 bits per heavy atom. The van der Waals surface area contributed by atoms with Crippen LogP contribution in [0.4, 0.5) is 0 Å². The van der Waals surface area contributed by atoms with E-state index in [9.17, 15) is 0 Å². The van der Waals surface area contributed by atoms with E-state index in [0.717, 1.165) is 18.9 Å². The molecule has 0 spiro atoms. The number of hydrogen-bond acceptors (Lipinski definition) is 2. The smallest absolute Gasteiger partial charge is 0.191 e. The van der Waals surface area contributed by atoms with Crippen LogP contribution in [0.25, 0.3) is 10.8 Å². The minimum absolute atomic E-state index is 0.230. The van der Waals surface area contributed by atoms with E-state index < -0.39 is 0 Å². The number of nitrogens with one attached hydrogen (secondary N) is 2. The van der Waals surface area contributed by atoms with Crippen LogP contribution in [-0.4, -0.2) is 39.3 Å². The lowest BCUT2D eigenvalue weighted by molar-refractivity contribution is 0.179. The second-order valence-corrected chi connectivity index (χ2v) is 5.39. The number of hydrogen-bond donors (Lipinski definition) is 2.